The number of carbonyl (C=O) groups excluding carboxylic acids is 1. The van der Waals surface area contributed by atoms with E-state index in [1.165, 1.54) is 24.3 Å². The van der Waals surface area contributed by atoms with E-state index >= 15 is 0 Å². The molecule has 13 heavy (non-hydrogen) atoms. The van der Waals surface area contributed by atoms with Crippen LogP contribution in [0.2, 0.25) is 5.02 Å². The van der Waals surface area contributed by atoms with Crippen LogP contribution in [0.25, 0.3) is 0 Å². The number of halogens is 1. The first-order chi connectivity index (χ1) is 5.91. The maximum absolute atomic E-state index is 11.0. The Balaban J connectivity index is 3.04. The van der Waals surface area contributed by atoms with Crippen LogP contribution in [-0.4, -0.2) is 15.3 Å². The van der Waals surface area contributed by atoms with E-state index < -0.39 is 13.1 Å². The molecule has 0 saturated heterocycles. The van der Waals surface area contributed by atoms with Gasteiger partial charge in [-0.15, -0.1) is 0 Å². The lowest BCUT2D eigenvalue weighted by Crippen LogP contribution is -1.98. The van der Waals surface area contributed by atoms with Crippen LogP contribution in [0, 0.1) is 0 Å². The van der Waals surface area contributed by atoms with E-state index in [0.717, 1.165) is 0 Å². The Morgan fingerprint density at radius 1 is 1.23 bits per heavy atom. The minimum absolute atomic E-state index is 0.0438. The fourth-order valence-electron chi connectivity index (χ4n) is 0.761. The van der Waals surface area contributed by atoms with Crippen LogP contribution >= 0.6 is 19.2 Å². The smallest absolute Gasteiger partial charge is 0.319 e. The molecule has 1 aromatic rings. The second-order valence-corrected chi connectivity index (χ2v) is 4.29. The van der Waals surface area contributed by atoms with E-state index in [1.54, 1.807) is 0 Å². The topological polar surface area (TPSA) is 74.6 Å². The lowest BCUT2D eigenvalue weighted by Gasteiger charge is -2.01. The van der Waals surface area contributed by atoms with Crippen LogP contribution in [0.3, 0.4) is 0 Å². The molecule has 6 heteroatoms. The number of hydrogen-bond donors (Lipinski definition) is 2. The highest BCUT2D eigenvalue weighted by molar-refractivity contribution is 7.70. The maximum atomic E-state index is 11.0. The SMILES string of the molecule is O=C(c1ccc(Cl)cc1)P(=O)(O)O. The molecule has 0 aliphatic rings. The van der Waals surface area contributed by atoms with Gasteiger partial charge >= 0.3 is 7.60 Å². The van der Waals surface area contributed by atoms with Crippen LogP contribution < -0.4 is 0 Å². The molecule has 0 fully saturated rings. The predicted molar refractivity (Wildman–Crippen MR) is 47.8 cm³/mol. The summed E-state index contributed by atoms with van der Waals surface area (Å²) in [6.45, 7) is 0. The number of hydrogen-bond acceptors (Lipinski definition) is 2. The van der Waals surface area contributed by atoms with Crippen LogP contribution in [0.5, 0.6) is 0 Å². The fraction of sp³-hybridized carbons (Fsp3) is 0. The van der Waals surface area contributed by atoms with Gasteiger partial charge < -0.3 is 9.79 Å². The molecule has 0 aromatic heterocycles. The molecule has 0 spiro atoms. The van der Waals surface area contributed by atoms with Crippen molar-refractivity contribution in [3.8, 4) is 0 Å². The van der Waals surface area contributed by atoms with Gasteiger partial charge in [0, 0.05) is 10.6 Å². The molecule has 0 aliphatic carbocycles. The van der Waals surface area contributed by atoms with Gasteiger partial charge in [0.25, 0.3) is 5.52 Å². The van der Waals surface area contributed by atoms with Crippen molar-refractivity contribution < 1.29 is 19.1 Å². The molecule has 0 unspecified atom stereocenters. The van der Waals surface area contributed by atoms with Gasteiger partial charge in [-0.1, -0.05) is 11.6 Å². The summed E-state index contributed by atoms with van der Waals surface area (Å²) in [6, 6.07) is 5.32. The Labute approximate surface area is 79.3 Å². The largest absolute Gasteiger partial charge is 0.396 e. The summed E-state index contributed by atoms with van der Waals surface area (Å²) in [5, 5.41) is 0.405. The average molecular weight is 221 g/mol. The first kappa shape index (κ1) is 10.4. The molecule has 0 amide bonds. The van der Waals surface area contributed by atoms with Crippen LogP contribution in [0.4, 0.5) is 0 Å². The van der Waals surface area contributed by atoms with Crippen molar-refractivity contribution in [1.29, 1.82) is 0 Å². The van der Waals surface area contributed by atoms with Crippen molar-refractivity contribution in [2.24, 2.45) is 0 Å². The highest BCUT2D eigenvalue weighted by atomic mass is 35.5. The molecule has 1 aromatic carbocycles. The van der Waals surface area contributed by atoms with Crippen LogP contribution in [0.15, 0.2) is 24.3 Å². The van der Waals surface area contributed by atoms with E-state index in [4.69, 9.17) is 21.4 Å². The average Bonchev–Trinajstić information content (AvgIpc) is 2.03. The van der Waals surface area contributed by atoms with Crippen LogP contribution in [0.1, 0.15) is 10.4 Å². The summed E-state index contributed by atoms with van der Waals surface area (Å²) < 4.78 is 10.5. The molecule has 0 heterocycles. The van der Waals surface area contributed by atoms with Crippen molar-refractivity contribution in [3.63, 3.8) is 0 Å². The molecule has 0 aliphatic heterocycles. The molecule has 2 N–H and O–H groups in total. The quantitative estimate of drug-likeness (QED) is 0.744. The monoisotopic (exact) mass is 220 g/mol. The lowest BCUT2D eigenvalue weighted by atomic mass is 10.2. The first-order valence-corrected chi connectivity index (χ1v) is 5.26. The summed E-state index contributed by atoms with van der Waals surface area (Å²) >= 11 is 5.53. The summed E-state index contributed by atoms with van der Waals surface area (Å²) in [5.41, 5.74) is -1.23. The van der Waals surface area contributed by atoms with Crippen molar-refractivity contribution in [1.82, 2.24) is 0 Å². The summed E-state index contributed by atoms with van der Waals surface area (Å²) in [6.07, 6.45) is 0. The molecule has 0 saturated carbocycles. The second-order valence-electron chi connectivity index (χ2n) is 2.36. The van der Waals surface area contributed by atoms with Crippen molar-refractivity contribution in [2.75, 3.05) is 0 Å². The third-order valence-electron chi connectivity index (χ3n) is 1.36. The van der Waals surface area contributed by atoms with Crippen LogP contribution in [-0.2, 0) is 4.57 Å². The zero-order valence-electron chi connectivity index (χ0n) is 6.35. The first-order valence-electron chi connectivity index (χ1n) is 3.27. The normalized spacial score (nSPS) is 11.3. The Bertz CT molecular complexity index is 367. The van der Waals surface area contributed by atoms with Crippen molar-refractivity contribution in [3.05, 3.63) is 34.9 Å². The molecule has 0 radical (unpaired) electrons. The van der Waals surface area contributed by atoms with E-state index in [2.05, 4.69) is 0 Å². The number of rotatable bonds is 2. The van der Waals surface area contributed by atoms with Gasteiger partial charge in [-0.05, 0) is 24.3 Å². The van der Waals surface area contributed by atoms with E-state index in [0.29, 0.717) is 5.02 Å². The summed E-state index contributed by atoms with van der Waals surface area (Å²) in [7, 11) is -4.68. The molecule has 0 bridgehead atoms. The van der Waals surface area contributed by atoms with Gasteiger partial charge in [-0.2, -0.15) is 0 Å². The van der Waals surface area contributed by atoms with E-state index in [-0.39, 0.29) is 5.56 Å². The van der Waals surface area contributed by atoms with Gasteiger partial charge in [0.15, 0.2) is 0 Å². The second kappa shape index (κ2) is 3.60. The molecule has 1 rings (SSSR count). The molecule has 70 valence electrons. The molecule has 4 nitrogen and oxygen atoms in total. The Hall–Kier alpha value is -0.670. The Morgan fingerprint density at radius 3 is 2.08 bits per heavy atom. The zero-order valence-corrected chi connectivity index (χ0v) is 8.00. The van der Waals surface area contributed by atoms with Gasteiger partial charge in [0.1, 0.15) is 0 Å². The predicted octanol–water partition coefficient (Wildman–Crippen LogP) is 1.66. The van der Waals surface area contributed by atoms with Crippen molar-refractivity contribution in [2.45, 2.75) is 0 Å². The fourth-order valence-corrected chi connectivity index (χ4v) is 1.37. The zero-order chi connectivity index (χ0) is 10.1. The maximum Gasteiger partial charge on any atom is 0.396 e. The summed E-state index contributed by atoms with van der Waals surface area (Å²) in [4.78, 5) is 28.0. The highest BCUT2D eigenvalue weighted by Crippen LogP contribution is 2.38. The number of benzene rings is 1. The standard InChI is InChI=1S/C7H6ClO4P/c8-6-3-1-5(2-4-6)7(9)13(10,11)12/h1-4H,(H2,10,11,12). The Morgan fingerprint density at radius 2 is 1.69 bits per heavy atom. The summed E-state index contributed by atoms with van der Waals surface area (Å²) in [5.74, 6) is 0. The van der Waals surface area contributed by atoms with Gasteiger partial charge in [-0.25, -0.2) is 0 Å². The van der Waals surface area contributed by atoms with E-state index in [1.807, 2.05) is 0 Å². The molecule has 0 atom stereocenters. The Kier molecular flexibility index (Phi) is 2.88. The highest BCUT2D eigenvalue weighted by Gasteiger charge is 2.26. The minimum Gasteiger partial charge on any atom is -0.319 e. The lowest BCUT2D eigenvalue weighted by molar-refractivity contribution is 0.104. The van der Waals surface area contributed by atoms with Crippen molar-refractivity contribution >= 4 is 24.7 Å². The van der Waals surface area contributed by atoms with E-state index in [9.17, 15) is 9.36 Å². The molecular formula is C7H6ClO4P. The van der Waals surface area contributed by atoms with Gasteiger partial charge in [0.2, 0.25) is 0 Å². The van der Waals surface area contributed by atoms with Gasteiger partial charge in [-0.3, -0.25) is 9.36 Å². The third-order valence-corrected chi connectivity index (χ3v) is 2.40. The third kappa shape index (κ3) is 2.64. The number of carbonyl (C=O) groups is 1. The molecular weight excluding hydrogens is 214 g/mol. The minimum atomic E-state index is -4.68. The van der Waals surface area contributed by atoms with Gasteiger partial charge in [0.05, 0.1) is 0 Å².